The first-order valence-corrected chi connectivity index (χ1v) is 8.41. The topological polar surface area (TPSA) is 20.3 Å². The van der Waals surface area contributed by atoms with Crippen LogP contribution in [0.1, 0.15) is 41.5 Å². The number of hydrogen-bond donors (Lipinski definition) is 0. The third kappa shape index (κ3) is 3.30. The van der Waals surface area contributed by atoms with E-state index < -0.39 is 0 Å². The second kappa shape index (κ2) is 7.04. The minimum Gasteiger partial charge on any atom is -0.331 e. The molecule has 0 N–H and O–H groups in total. The van der Waals surface area contributed by atoms with Gasteiger partial charge >= 0.3 is 0 Å². The summed E-state index contributed by atoms with van der Waals surface area (Å²) in [4.78, 5) is 15.4. The highest BCUT2D eigenvalue weighted by molar-refractivity contribution is 9.10. The number of amides is 1. The van der Waals surface area contributed by atoms with E-state index in [1.54, 1.807) is 0 Å². The molecule has 20 heavy (non-hydrogen) atoms. The Morgan fingerprint density at radius 3 is 2.65 bits per heavy atom. The van der Waals surface area contributed by atoms with E-state index in [4.69, 9.17) is 0 Å². The fourth-order valence-electron chi connectivity index (χ4n) is 2.24. The van der Waals surface area contributed by atoms with Gasteiger partial charge in [0.1, 0.15) is 0 Å². The molecule has 0 saturated carbocycles. The van der Waals surface area contributed by atoms with E-state index in [1.807, 2.05) is 40.6 Å². The Morgan fingerprint density at radius 1 is 1.30 bits per heavy atom. The molecule has 0 bridgehead atoms. The first-order valence-electron chi connectivity index (χ1n) is 6.74. The summed E-state index contributed by atoms with van der Waals surface area (Å²) in [5.41, 5.74) is 1.14. The highest BCUT2D eigenvalue weighted by Gasteiger charge is 2.23. The van der Waals surface area contributed by atoms with E-state index in [0.29, 0.717) is 0 Å². The summed E-state index contributed by atoms with van der Waals surface area (Å²) in [7, 11) is 0. The standard InChI is InChI=1S/C16H18BrNOS/c1-3-10-18(16(19)15-9-6-11-20-15)12(2)13-7-4-5-8-14(13)17/h4-9,11-12H,3,10H2,1-2H3. The summed E-state index contributed by atoms with van der Waals surface area (Å²) in [6.45, 7) is 4.95. The number of hydrogen-bond acceptors (Lipinski definition) is 2. The van der Waals surface area contributed by atoms with E-state index in [9.17, 15) is 4.79 Å². The number of benzene rings is 1. The van der Waals surface area contributed by atoms with Crippen molar-refractivity contribution in [1.29, 1.82) is 0 Å². The number of carbonyl (C=O) groups is 1. The summed E-state index contributed by atoms with van der Waals surface area (Å²) < 4.78 is 1.05. The maximum atomic E-state index is 12.6. The lowest BCUT2D eigenvalue weighted by Gasteiger charge is -2.29. The van der Waals surface area contributed by atoms with Gasteiger partial charge in [-0.3, -0.25) is 4.79 Å². The Morgan fingerprint density at radius 2 is 2.05 bits per heavy atom. The molecule has 0 aliphatic carbocycles. The molecule has 0 spiro atoms. The van der Waals surface area contributed by atoms with Crippen molar-refractivity contribution >= 4 is 33.2 Å². The molecule has 0 radical (unpaired) electrons. The molecule has 2 aromatic rings. The molecule has 106 valence electrons. The minimum absolute atomic E-state index is 0.0557. The van der Waals surface area contributed by atoms with E-state index >= 15 is 0 Å². The zero-order valence-corrected chi connectivity index (χ0v) is 14.1. The van der Waals surface area contributed by atoms with Crippen LogP contribution in [0.15, 0.2) is 46.3 Å². The fourth-order valence-corrected chi connectivity index (χ4v) is 3.53. The first-order chi connectivity index (χ1) is 9.65. The molecule has 0 aliphatic rings. The lowest BCUT2D eigenvalue weighted by Crippen LogP contribution is -2.34. The smallest absolute Gasteiger partial charge is 0.264 e. The SMILES string of the molecule is CCCN(C(=O)c1cccs1)C(C)c1ccccc1Br. The van der Waals surface area contributed by atoms with Gasteiger partial charge in [-0.15, -0.1) is 11.3 Å². The zero-order valence-electron chi connectivity index (χ0n) is 11.7. The van der Waals surface area contributed by atoms with E-state index in [0.717, 1.165) is 27.9 Å². The van der Waals surface area contributed by atoms with Gasteiger partial charge in [-0.05, 0) is 36.4 Å². The molecular formula is C16H18BrNOS. The zero-order chi connectivity index (χ0) is 14.5. The fraction of sp³-hybridized carbons (Fsp3) is 0.312. The summed E-state index contributed by atoms with van der Waals surface area (Å²) in [5.74, 6) is 0.116. The van der Waals surface area contributed by atoms with Crippen molar-refractivity contribution in [3.05, 3.63) is 56.7 Å². The molecule has 1 amide bonds. The second-order valence-corrected chi connectivity index (χ2v) is 6.48. The average molecular weight is 352 g/mol. The van der Waals surface area contributed by atoms with Crippen molar-refractivity contribution in [2.75, 3.05) is 6.54 Å². The number of thiophene rings is 1. The summed E-state index contributed by atoms with van der Waals surface area (Å²) in [5, 5.41) is 1.94. The lowest BCUT2D eigenvalue weighted by atomic mass is 10.1. The Hall–Kier alpha value is -1.13. The predicted molar refractivity (Wildman–Crippen MR) is 88.2 cm³/mol. The van der Waals surface area contributed by atoms with Gasteiger partial charge in [0.05, 0.1) is 10.9 Å². The molecule has 0 aliphatic heterocycles. The van der Waals surface area contributed by atoms with Gasteiger partial charge < -0.3 is 4.90 Å². The van der Waals surface area contributed by atoms with E-state index in [-0.39, 0.29) is 11.9 Å². The van der Waals surface area contributed by atoms with Crippen LogP contribution in [0.2, 0.25) is 0 Å². The van der Waals surface area contributed by atoms with Crippen LogP contribution in [0.25, 0.3) is 0 Å². The number of rotatable bonds is 5. The monoisotopic (exact) mass is 351 g/mol. The Labute approximate surface area is 132 Å². The van der Waals surface area contributed by atoms with Crippen molar-refractivity contribution < 1.29 is 4.79 Å². The van der Waals surface area contributed by atoms with Gasteiger partial charge in [-0.1, -0.05) is 47.1 Å². The average Bonchev–Trinajstić information content (AvgIpc) is 2.98. The van der Waals surface area contributed by atoms with Crippen LogP contribution in [0, 0.1) is 0 Å². The third-order valence-electron chi connectivity index (χ3n) is 3.28. The Kier molecular flexibility index (Phi) is 5.38. The highest BCUT2D eigenvalue weighted by atomic mass is 79.9. The summed E-state index contributed by atoms with van der Waals surface area (Å²) >= 11 is 5.08. The Balaban J connectivity index is 2.29. The molecule has 0 saturated heterocycles. The van der Waals surface area contributed by atoms with Crippen molar-refractivity contribution in [3.8, 4) is 0 Å². The van der Waals surface area contributed by atoms with Crippen molar-refractivity contribution in [2.24, 2.45) is 0 Å². The normalized spacial score (nSPS) is 12.2. The highest BCUT2D eigenvalue weighted by Crippen LogP contribution is 2.29. The van der Waals surface area contributed by atoms with Crippen molar-refractivity contribution in [2.45, 2.75) is 26.3 Å². The van der Waals surface area contributed by atoms with Gasteiger partial charge in [0.25, 0.3) is 5.91 Å². The van der Waals surface area contributed by atoms with Gasteiger partial charge in [-0.25, -0.2) is 0 Å². The van der Waals surface area contributed by atoms with Crippen LogP contribution in [-0.4, -0.2) is 17.4 Å². The minimum atomic E-state index is 0.0557. The van der Waals surface area contributed by atoms with Gasteiger partial charge in [0, 0.05) is 11.0 Å². The maximum Gasteiger partial charge on any atom is 0.264 e. The molecular weight excluding hydrogens is 334 g/mol. The molecule has 1 unspecified atom stereocenters. The molecule has 1 heterocycles. The predicted octanol–water partition coefficient (Wildman–Crippen LogP) is 5.12. The molecule has 4 heteroatoms. The molecule has 2 rings (SSSR count). The van der Waals surface area contributed by atoms with Gasteiger partial charge in [0.15, 0.2) is 0 Å². The quantitative estimate of drug-likeness (QED) is 0.731. The van der Waals surface area contributed by atoms with Crippen LogP contribution >= 0.6 is 27.3 Å². The molecule has 2 nitrogen and oxygen atoms in total. The van der Waals surface area contributed by atoms with Crippen molar-refractivity contribution in [1.82, 2.24) is 4.90 Å². The summed E-state index contributed by atoms with van der Waals surface area (Å²) in [6.07, 6.45) is 0.950. The third-order valence-corrected chi connectivity index (χ3v) is 4.86. The van der Waals surface area contributed by atoms with Crippen LogP contribution < -0.4 is 0 Å². The van der Waals surface area contributed by atoms with Gasteiger partial charge in [0.2, 0.25) is 0 Å². The second-order valence-electron chi connectivity index (χ2n) is 4.67. The van der Waals surface area contributed by atoms with E-state index in [1.165, 1.54) is 11.3 Å². The van der Waals surface area contributed by atoms with Gasteiger partial charge in [-0.2, -0.15) is 0 Å². The van der Waals surface area contributed by atoms with E-state index in [2.05, 4.69) is 35.8 Å². The molecule has 1 aromatic heterocycles. The van der Waals surface area contributed by atoms with Crippen molar-refractivity contribution in [3.63, 3.8) is 0 Å². The number of carbonyl (C=O) groups excluding carboxylic acids is 1. The lowest BCUT2D eigenvalue weighted by molar-refractivity contribution is 0.0695. The van der Waals surface area contributed by atoms with Crippen LogP contribution in [0.4, 0.5) is 0 Å². The van der Waals surface area contributed by atoms with Crippen LogP contribution in [0.3, 0.4) is 0 Å². The van der Waals surface area contributed by atoms with Crippen LogP contribution in [-0.2, 0) is 0 Å². The molecule has 1 atom stereocenters. The molecule has 0 fully saturated rings. The summed E-state index contributed by atoms with van der Waals surface area (Å²) in [6, 6.07) is 12.0. The Bertz CT molecular complexity index is 568. The van der Waals surface area contributed by atoms with Crippen LogP contribution in [0.5, 0.6) is 0 Å². The first kappa shape index (κ1) is 15.3. The maximum absolute atomic E-state index is 12.6. The number of halogens is 1. The number of nitrogens with zero attached hydrogens (tertiary/aromatic N) is 1. The largest absolute Gasteiger partial charge is 0.331 e. The molecule has 1 aromatic carbocycles.